The quantitative estimate of drug-likeness (QED) is 0.897. The number of carbonyl (C=O) groups excluding carboxylic acids is 1. The highest BCUT2D eigenvalue weighted by atomic mass is 16.5. The first kappa shape index (κ1) is 12.3. The average molecular weight is 277 g/mol. The zero-order valence-corrected chi connectivity index (χ0v) is 11.4. The number of piperidine rings is 1. The highest BCUT2D eigenvalue weighted by Crippen LogP contribution is 2.40. The number of carbonyl (C=O) groups is 1. The van der Waals surface area contributed by atoms with E-state index in [4.69, 9.17) is 4.52 Å². The number of amides is 1. The lowest BCUT2D eigenvalue weighted by Gasteiger charge is -2.32. The molecule has 2 saturated carbocycles. The number of likely N-dealkylation sites (tertiary alicyclic amines) is 1. The summed E-state index contributed by atoms with van der Waals surface area (Å²) in [7, 11) is 0. The molecule has 0 atom stereocenters. The van der Waals surface area contributed by atoms with Gasteiger partial charge in [-0.05, 0) is 38.5 Å². The van der Waals surface area contributed by atoms with E-state index in [0.29, 0.717) is 31.8 Å². The van der Waals surface area contributed by atoms with Crippen LogP contribution < -0.4 is 0 Å². The van der Waals surface area contributed by atoms with E-state index in [2.05, 4.69) is 10.1 Å². The fraction of sp³-hybridized carbons (Fsp3) is 0.786. The molecule has 1 N–H and O–H groups in total. The molecule has 3 fully saturated rings. The topological polar surface area (TPSA) is 79.5 Å². The van der Waals surface area contributed by atoms with Gasteiger partial charge in [0.15, 0.2) is 5.82 Å². The minimum absolute atomic E-state index is 0.0947. The van der Waals surface area contributed by atoms with Crippen molar-refractivity contribution in [1.82, 2.24) is 15.0 Å². The Kier molecular flexibility index (Phi) is 2.64. The molecule has 0 spiro atoms. The number of aromatic nitrogens is 2. The van der Waals surface area contributed by atoms with Crippen molar-refractivity contribution in [2.75, 3.05) is 13.1 Å². The summed E-state index contributed by atoms with van der Waals surface area (Å²) in [4.78, 5) is 18.3. The monoisotopic (exact) mass is 277 g/mol. The molecule has 0 radical (unpaired) electrons. The molecule has 1 aliphatic heterocycles. The second-order valence-electron chi connectivity index (χ2n) is 6.36. The van der Waals surface area contributed by atoms with Gasteiger partial charge in [0.25, 0.3) is 5.91 Å². The zero-order chi connectivity index (χ0) is 13.7. The van der Waals surface area contributed by atoms with Gasteiger partial charge in [-0.25, -0.2) is 0 Å². The SMILES string of the molecule is O=C(N1CCC(c2noc(C3CC3)n2)CC1)C1(O)CC1. The third-order valence-corrected chi connectivity index (χ3v) is 4.65. The molecule has 3 aliphatic rings. The summed E-state index contributed by atoms with van der Waals surface area (Å²) < 4.78 is 5.30. The molecule has 108 valence electrons. The lowest BCUT2D eigenvalue weighted by molar-refractivity contribution is -0.143. The molecule has 0 aromatic carbocycles. The Morgan fingerprint density at radius 2 is 1.90 bits per heavy atom. The summed E-state index contributed by atoms with van der Waals surface area (Å²) in [6, 6.07) is 0. The summed E-state index contributed by atoms with van der Waals surface area (Å²) in [5, 5.41) is 14.0. The second kappa shape index (κ2) is 4.28. The largest absolute Gasteiger partial charge is 0.380 e. The summed E-state index contributed by atoms with van der Waals surface area (Å²) in [5.41, 5.74) is -1.04. The molecule has 2 heterocycles. The smallest absolute Gasteiger partial charge is 0.254 e. The number of rotatable bonds is 3. The van der Waals surface area contributed by atoms with Crippen LogP contribution in [-0.2, 0) is 4.79 Å². The fourth-order valence-corrected chi connectivity index (χ4v) is 2.88. The van der Waals surface area contributed by atoms with Gasteiger partial charge >= 0.3 is 0 Å². The molecule has 1 aromatic heterocycles. The predicted molar refractivity (Wildman–Crippen MR) is 69.0 cm³/mol. The van der Waals surface area contributed by atoms with Crippen molar-refractivity contribution in [2.24, 2.45) is 0 Å². The Labute approximate surface area is 117 Å². The van der Waals surface area contributed by atoms with Gasteiger partial charge in [-0.15, -0.1) is 0 Å². The molecule has 6 heteroatoms. The van der Waals surface area contributed by atoms with Gasteiger partial charge in [0.2, 0.25) is 5.89 Å². The van der Waals surface area contributed by atoms with Gasteiger partial charge in [-0.3, -0.25) is 4.79 Å². The number of hydrogen-bond donors (Lipinski definition) is 1. The van der Waals surface area contributed by atoms with Crippen molar-refractivity contribution in [1.29, 1.82) is 0 Å². The molecular weight excluding hydrogens is 258 g/mol. The van der Waals surface area contributed by atoms with Crippen LogP contribution in [0.15, 0.2) is 4.52 Å². The van der Waals surface area contributed by atoms with Gasteiger partial charge < -0.3 is 14.5 Å². The van der Waals surface area contributed by atoms with Gasteiger partial charge in [0.1, 0.15) is 5.60 Å². The third kappa shape index (κ3) is 2.12. The van der Waals surface area contributed by atoms with Crippen LogP contribution in [0.1, 0.15) is 62.1 Å². The van der Waals surface area contributed by atoms with Gasteiger partial charge in [-0.2, -0.15) is 4.98 Å². The van der Waals surface area contributed by atoms with E-state index in [1.165, 1.54) is 0 Å². The minimum atomic E-state index is -1.04. The molecule has 20 heavy (non-hydrogen) atoms. The van der Waals surface area contributed by atoms with E-state index in [1.54, 1.807) is 4.90 Å². The minimum Gasteiger partial charge on any atom is -0.380 e. The summed E-state index contributed by atoms with van der Waals surface area (Å²) in [5.74, 6) is 2.25. The van der Waals surface area contributed by atoms with Crippen LogP contribution in [0, 0.1) is 0 Å². The van der Waals surface area contributed by atoms with E-state index >= 15 is 0 Å². The van der Waals surface area contributed by atoms with Gasteiger partial charge in [0, 0.05) is 24.9 Å². The van der Waals surface area contributed by atoms with Gasteiger partial charge in [0.05, 0.1) is 0 Å². The molecule has 6 nitrogen and oxygen atoms in total. The van der Waals surface area contributed by atoms with Gasteiger partial charge in [-0.1, -0.05) is 5.16 Å². The summed E-state index contributed by atoms with van der Waals surface area (Å²) in [6.45, 7) is 1.36. The van der Waals surface area contributed by atoms with E-state index < -0.39 is 5.60 Å². The van der Waals surface area contributed by atoms with Crippen LogP contribution in [0.4, 0.5) is 0 Å². The highest BCUT2D eigenvalue weighted by molar-refractivity contribution is 5.87. The lowest BCUT2D eigenvalue weighted by Crippen LogP contribution is -2.44. The molecular formula is C14H19N3O3. The first-order valence-corrected chi connectivity index (χ1v) is 7.51. The van der Waals surface area contributed by atoms with E-state index in [-0.39, 0.29) is 11.8 Å². The number of hydrogen-bond acceptors (Lipinski definition) is 5. The van der Waals surface area contributed by atoms with Crippen LogP contribution in [0.2, 0.25) is 0 Å². The van der Waals surface area contributed by atoms with Crippen molar-refractivity contribution in [3.63, 3.8) is 0 Å². The van der Waals surface area contributed by atoms with E-state index in [0.717, 1.165) is 37.4 Å². The molecule has 1 saturated heterocycles. The highest BCUT2D eigenvalue weighted by Gasteiger charge is 2.50. The van der Waals surface area contributed by atoms with Crippen molar-refractivity contribution in [3.05, 3.63) is 11.7 Å². The average Bonchev–Trinajstić information content (AvgIpc) is 3.40. The van der Waals surface area contributed by atoms with Crippen molar-refractivity contribution < 1.29 is 14.4 Å². The summed E-state index contributed by atoms with van der Waals surface area (Å²) in [6.07, 6.45) is 5.25. The maximum atomic E-state index is 12.1. The standard InChI is InChI=1S/C14H19N3O3/c18-13(14(19)5-6-14)17-7-3-9(4-8-17)11-15-12(20-16-11)10-1-2-10/h9-10,19H,1-8H2. The predicted octanol–water partition coefficient (Wildman–Crippen LogP) is 1.18. The number of nitrogens with zero attached hydrogens (tertiary/aromatic N) is 3. The van der Waals surface area contributed by atoms with Crippen molar-refractivity contribution >= 4 is 5.91 Å². The van der Waals surface area contributed by atoms with E-state index in [9.17, 15) is 9.90 Å². The van der Waals surface area contributed by atoms with Crippen LogP contribution in [0.25, 0.3) is 0 Å². The second-order valence-corrected chi connectivity index (χ2v) is 6.36. The fourth-order valence-electron chi connectivity index (χ4n) is 2.88. The Bertz CT molecular complexity index is 526. The Hall–Kier alpha value is -1.43. The Morgan fingerprint density at radius 3 is 2.50 bits per heavy atom. The molecule has 1 aromatic rings. The first-order chi connectivity index (χ1) is 9.66. The number of aliphatic hydroxyl groups is 1. The molecule has 4 rings (SSSR count). The normalized spacial score (nSPS) is 25.8. The molecule has 0 bridgehead atoms. The van der Waals surface area contributed by atoms with Crippen LogP contribution in [-0.4, -0.2) is 44.7 Å². The first-order valence-electron chi connectivity index (χ1n) is 7.51. The Balaban J connectivity index is 1.37. The van der Waals surface area contributed by atoms with Crippen molar-refractivity contribution in [3.8, 4) is 0 Å². The maximum Gasteiger partial charge on any atom is 0.254 e. The molecule has 0 unspecified atom stereocenters. The van der Waals surface area contributed by atoms with Crippen LogP contribution in [0.5, 0.6) is 0 Å². The van der Waals surface area contributed by atoms with Crippen molar-refractivity contribution in [2.45, 2.75) is 56.0 Å². The summed E-state index contributed by atoms with van der Waals surface area (Å²) >= 11 is 0. The maximum absolute atomic E-state index is 12.1. The zero-order valence-electron chi connectivity index (χ0n) is 11.4. The van der Waals surface area contributed by atoms with E-state index in [1.807, 2.05) is 0 Å². The molecule has 1 amide bonds. The lowest BCUT2D eigenvalue weighted by atomic mass is 9.95. The molecule has 2 aliphatic carbocycles. The Morgan fingerprint density at radius 1 is 1.20 bits per heavy atom. The van der Waals surface area contributed by atoms with Crippen LogP contribution in [0.3, 0.4) is 0 Å². The third-order valence-electron chi connectivity index (χ3n) is 4.65. The van der Waals surface area contributed by atoms with Crippen LogP contribution >= 0.6 is 0 Å².